The standard InChI is InChI=1S/C8H10O/c1-7-4-2-3-5-8(7)6-9/h3,5-6H,2,4H2,1H3. The number of hydrogen-bond acceptors (Lipinski definition) is 1. The maximum absolute atomic E-state index is 10.3. The number of carbonyl (C=O) groups excluding carboxylic acids is 1. The molecule has 1 rings (SSSR count). The van der Waals surface area contributed by atoms with Gasteiger partial charge in [-0.25, -0.2) is 0 Å². The molecule has 0 aromatic rings. The number of hydrogen-bond donors (Lipinski definition) is 0. The monoisotopic (exact) mass is 122 g/mol. The van der Waals surface area contributed by atoms with E-state index in [9.17, 15) is 4.79 Å². The second-order valence-corrected chi connectivity index (χ2v) is 2.29. The Hall–Kier alpha value is -0.850. The van der Waals surface area contributed by atoms with Crippen LogP contribution in [0.25, 0.3) is 0 Å². The molecule has 0 aromatic carbocycles. The van der Waals surface area contributed by atoms with Gasteiger partial charge in [-0.3, -0.25) is 4.79 Å². The fourth-order valence-electron chi connectivity index (χ4n) is 0.937. The van der Waals surface area contributed by atoms with Crippen LogP contribution in [0.2, 0.25) is 0 Å². The lowest BCUT2D eigenvalue weighted by molar-refractivity contribution is -0.104. The Labute approximate surface area is 55.1 Å². The van der Waals surface area contributed by atoms with Crippen LogP contribution >= 0.6 is 0 Å². The molecule has 0 radical (unpaired) electrons. The van der Waals surface area contributed by atoms with Crippen LogP contribution in [0.15, 0.2) is 23.3 Å². The lowest BCUT2D eigenvalue weighted by atomic mass is 10.0. The molecule has 0 bridgehead atoms. The summed E-state index contributed by atoms with van der Waals surface area (Å²) in [5.41, 5.74) is 2.08. The summed E-state index contributed by atoms with van der Waals surface area (Å²) in [6.07, 6.45) is 6.99. The van der Waals surface area contributed by atoms with Gasteiger partial charge in [0.15, 0.2) is 0 Å². The Kier molecular flexibility index (Phi) is 1.83. The van der Waals surface area contributed by atoms with Crippen LogP contribution in [-0.2, 0) is 4.79 Å². The number of aldehydes is 1. The van der Waals surface area contributed by atoms with Gasteiger partial charge in [0.05, 0.1) is 0 Å². The summed E-state index contributed by atoms with van der Waals surface area (Å²) in [5, 5.41) is 0. The van der Waals surface area contributed by atoms with E-state index in [2.05, 4.69) is 0 Å². The predicted octanol–water partition coefficient (Wildman–Crippen LogP) is 1.85. The highest BCUT2D eigenvalue weighted by molar-refractivity contribution is 5.79. The van der Waals surface area contributed by atoms with E-state index in [1.165, 1.54) is 5.57 Å². The van der Waals surface area contributed by atoms with Gasteiger partial charge < -0.3 is 0 Å². The molecular weight excluding hydrogens is 112 g/mol. The largest absolute Gasteiger partial charge is 0.298 e. The topological polar surface area (TPSA) is 17.1 Å². The predicted molar refractivity (Wildman–Crippen MR) is 37.1 cm³/mol. The first-order chi connectivity index (χ1) is 4.34. The first-order valence-corrected chi connectivity index (χ1v) is 3.16. The van der Waals surface area contributed by atoms with Crippen LogP contribution in [-0.4, -0.2) is 6.29 Å². The molecule has 1 heteroatoms. The summed E-state index contributed by atoms with van der Waals surface area (Å²) >= 11 is 0. The summed E-state index contributed by atoms with van der Waals surface area (Å²) < 4.78 is 0. The van der Waals surface area contributed by atoms with Crippen molar-refractivity contribution in [1.82, 2.24) is 0 Å². The molecule has 0 unspecified atom stereocenters. The fourth-order valence-corrected chi connectivity index (χ4v) is 0.937. The van der Waals surface area contributed by atoms with Gasteiger partial charge in [0.2, 0.25) is 0 Å². The Morgan fingerprint density at radius 3 is 2.89 bits per heavy atom. The third kappa shape index (κ3) is 1.28. The number of carbonyl (C=O) groups is 1. The lowest BCUT2D eigenvalue weighted by Gasteiger charge is -2.05. The summed E-state index contributed by atoms with van der Waals surface area (Å²) in [7, 11) is 0. The van der Waals surface area contributed by atoms with Gasteiger partial charge in [0, 0.05) is 5.57 Å². The Balaban J connectivity index is 2.84. The van der Waals surface area contributed by atoms with Crippen molar-refractivity contribution in [2.75, 3.05) is 0 Å². The summed E-state index contributed by atoms with van der Waals surface area (Å²) in [6.45, 7) is 2.01. The minimum Gasteiger partial charge on any atom is -0.298 e. The van der Waals surface area contributed by atoms with Crippen molar-refractivity contribution in [3.63, 3.8) is 0 Å². The second-order valence-electron chi connectivity index (χ2n) is 2.29. The van der Waals surface area contributed by atoms with E-state index in [0.717, 1.165) is 24.7 Å². The maximum Gasteiger partial charge on any atom is 0.149 e. The van der Waals surface area contributed by atoms with Gasteiger partial charge in [0.1, 0.15) is 6.29 Å². The zero-order valence-electron chi connectivity index (χ0n) is 5.55. The highest BCUT2D eigenvalue weighted by Gasteiger charge is 2.00. The van der Waals surface area contributed by atoms with Crippen molar-refractivity contribution in [2.45, 2.75) is 19.8 Å². The fraction of sp³-hybridized carbons (Fsp3) is 0.375. The molecule has 9 heavy (non-hydrogen) atoms. The van der Waals surface area contributed by atoms with Crippen LogP contribution in [0.5, 0.6) is 0 Å². The van der Waals surface area contributed by atoms with E-state index in [0.29, 0.717) is 0 Å². The van der Waals surface area contributed by atoms with Crippen molar-refractivity contribution < 1.29 is 4.79 Å². The van der Waals surface area contributed by atoms with Gasteiger partial charge in [-0.2, -0.15) is 0 Å². The SMILES string of the molecule is CC1=C(C=O)C=CCC1. The van der Waals surface area contributed by atoms with Crippen LogP contribution in [0.1, 0.15) is 19.8 Å². The summed E-state index contributed by atoms with van der Waals surface area (Å²) in [5.74, 6) is 0. The van der Waals surface area contributed by atoms with Crippen molar-refractivity contribution in [1.29, 1.82) is 0 Å². The molecule has 1 nitrogen and oxygen atoms in total. The lowest BCUT2D eigenvalue weighted by Crippen LogP contribution is -1.91. The molecule has 0 aromatic heterocycles. The van der Waals surface area contributed by atoms with Gasteiger partial charge in [-0.1, -0.05) is 17.7 Å². The van der Waals surface area contributed by atoms with Crippen LogP contribution in [0.3, 0.4) is 0 Å². The third-order valence-electron chi connectivity index (χ3n) is 1.60. The van der Waals surface area contributed by atoms with Gasteiger partial charge in [0.25, 0.3) is 0 Å². The summed E-state index contributed by atoms with van der Waals surface area (Å²) in [4.78, 5) is 10.3. The van der Waals surface area contributed by atoms with Crippen molar-refractivity contribution in [2.24, 2.45) is 0 Å². The molecule has 0 fully saturated rings. The van der Waals surface area contributed by atoms with Crippen molar-refractivity contribution >= 4 is 6.29 Å². The molecule has 0 aliphatic heterocycles. The molecule has 0 saturated heterocycles. The van der Waals surface area contributed by atoms with Crippen molar-refractivity contribution in [3.8, 4) is 0 Å². The van der Waals surface area contributed by atoms with Crippen LogP contribution < -0.4 is 0 Å². The average molecular weight is 122 g/mol. The smallest absolute Gasteiger partial charge is 0.149 e. The third-order valence-corrected chi connectivity index (χ3v) is 1.60. The quantitative estimate of drug-likeness (QED) is 0.485. The molecule has 0 heterocycles. The molecule has 48 valence electrons. The number of rotatable bonds is 1. The Morgan fingerprint density at radius 2 is 2.44 bits per heavy atom. The Morgan fingerprint density at radius 1 is 1.67 bits per heavy atom. The first-order valence-electron chi connectivity index (χ1n) is 3.16. The minimum atomic E-state index is 0.862. The average Bonchev–Trinajstić information content (AvgIpc) is 1.89. The minimum absolute atomic E-state index is 0.862. The molecule has 1 aliphatic carbocycles. The van der Waals surface area contributed by atoms with Gasteiger partial charge >= 0.3 is 0 Å². The maximum atomic E-state index is 10.3. The molecule has 0 saturated carbocycles. The van der Waals surface area contributed by atoms with Crippen molar-refractivity contribution in [3.05, 3.63) is 23.3 Å². The van der Waals surface area contributed by atoms with Gasteiger partial charge in [-0.15, -0.1) is 0 Å². The van der Waals surface area contributed by atoms with E-state index in [1.54, 1.807) is 0 Å². The van der Waals surface area contributed by atoms with E-state index < -0.39 is 0 Å². The molecule has 0 N–H and O–H groups in total. The number of allylic oxidation sites excluding steroid dienone is 4. The summed E-state index contributed by atoms with van der Waals surface area (Å²) in [6, 6.07) is 0. The molecular formula is C8H10O. The Bertz CT molecular complexity index is 175. The van der Waals surface area contributed by atoms with Gasteiger partial charge in [-0.05, 0) is 19.8 Å². The normalized spacial score (nSPS) is 18.3. The molecule has 0 amide bonds. The van der Waals surface area contributed by atoms with Crippen LogP contribution in [0.4, 0.5) is 0 Å². The van der Waals surface area contributed by atoms with E-state index in [-0.39, 0.29) is 0 Å². The zero-order valence-corrected chi connectivity index (χ0v) is 5.55. The zero-order chi connectivity index (χ0) is 6.69. The highest BCUT2D eigenvalue weighted by Crippen LogP contribution is 2.15. The first kappa shape index (κ1) is 6.27. The highest BCUT2D eigenvalue weighted by atomic mass is 16.1. The van der Waals surface area contributed by atoms with E-state index in [4.69, 9.17) is 0 Å². The van der Waals surface area contributed by atoms with E-state index >= 15 is 0 Å². The van der Waals surface area contributed by atoms with Crippen LogP contribution in [0, 0.1) is 0 Å². The van der Waals surface area contributed by atoms with E-state index in [1.807, 2.05) is 19.1 Å². The molecule has 1 aliphatic rings. The second kappa shape index (κ2) is 2.62. The molecule has 0 atom stereocenters. The molecule has 0 spiro atoms.